The second kappa shape index (κ2) is 6.56. The van der Waals surface area contributed by atoms with E-state index >= 15 is 0 Å². The van der Waals surface area contributed by atoms with Crippen LogP contribution in [0.4, 0.5) is 4.39 Å². The number of nitrogens with zero attached hydrogens (tertiary/aromatic N) is 1. The number of aromatic nitrogens is 2. The van der Waals surface area contributed by atoms with Gasteiger partial charge in [-0.3, -0.25) is 14.3 Å². The van der Waals surface area contributed by atoms with Crippen molar-refractivity contribution in [1.29, 1.82) is 0 Å². The van der Waals surface area contributed by atoms with Crippen LogP contribution in [0.5, 0.6) is 0 Å². The van der Waals surface area contributed by atoms with Gasteiger partial charge in [0.15, 0.2) is 0 Å². The van der Waals surface area contributed by atoms with Crippen molar-refractivity contribution in [3.8, 4) is 0 Å². The van der Waals surface area contributed by atoms with Crippen LogP contribution < -0.4 is 53.2 Å². The molecule has 0 aliphatic carbocycles. The third-order valence-electron chi connectivity index (χ3n) is 2.14. The van der Waals surface area contributed by atoms with E-state index in [-0.39, 0.29) is 44.8 Å². The van der Waals surface area contributed by atoms with Crippen molar-refractivity contribution in [2.75, 3.05) is 6.61 Å². The predicted octanol–water partition coefficient (Wildman–Crippen LogP) is -5.78. The number of halogens is 2. The van der Waals surface area contributed by atoms with E-state index in [0.29, 0.717) is 13.0 Å². The van der Waals surface area contributed by atoms with Gasteiger partial charge in [-0.1, -0.05) is 0 Å². The van der Waals surface area contributed by atoms with Gasteiger partial charge >= 0.3 is 36.7 Å². The van der Waals surface area contributed by atoms with Crippen LogP contribution in [0.15, 0.2) is 15.8 Å². The van der Waals surface area contributed by atoms with E-state index in [9.17, 15) is 14.0 Å². The van der Waals surface area contributed by atoms with Crippen LogP contribution in [0, 0.1) is 5.82 Å². The summed E-state index contributed by atoms with van der Waals surface area (Å²) >= 11 is 0. The van der Waals surface area contributed by atoms with Crippen LogP contribution in [0.3, 0.4) is 0 Å². The fraction of sp³-hybridized carbons (Fsp3) is 0.500. The molecule has 1 aliphatic rings. The first-order valence-electron chi connectivity index (χ1n) is 4.31. The van der Waals surface area contributed by atoms with Crippen molar-refractivity contribution < 1.29 is 53.9 Å². The number of aromatic amines is 1. The summed E-state index contributed by atoms with van der Waals surface area (Å²) in [6.07, 6.45) is 1.93. The van der Waals surface area contributed by atoms with Crippen LogP contribution in [-0.2, 0) is 4.74 Å². The normalized spacial score (nSPS) is 18.7. The number of H-pyrrole nitrogens is 1. The van der Waals surface area contributed by atoms with E-state index < -0.39 is 23.3 Å². The first-order chi connectivity index (χ1) is 6.68. The van der Waals surface area contributed by atoms with Gasteiger partial charge in [0.25, 0.3) is 5.56 Å². The maximum absolute atomic E-state index is 12.9. The number of nitrogens with one attached hydrogen (secondary N) is 1. The van der Waals surface area contributed by atoms with E-state index in [1.807, 2.05) is 4.98 Å². The molecule has 1 atom stereocenters. The summed E-state index contributed by atoms with van der Waals surface area (Å²) in [4.78, 5) is 23.8. The predicted molar refractivity (Wildman–Crippen MR) is 47.7 cm³/mol. The fourth-order valence-electron chi connectivity index (χ4n) is 1.45. The molecule has 1 N–H and O–H groups in total. The summed E-state index contributed by atoms with van der Waals surface area (Å²) in [7, 11) is 0. The standard InChI is InChI=1S/C8H9FN2O3.ClH.Na.H/c9-5-4-11(6-2-1-3-14-6)8(13)10-7(5)12;;;/h4,6H,1-3H2,(H,10,12,13);1H;;/q;;+1;-1. The molecule has 2 heterocycles. The molecule has 1 saturated heterocycles. The van der Waals surface area contributed by atoms with Crippen LogP contribution in [-0.4, -0.2) is 16.2 Å². The Balaban J connectivity index is -0.000000562. The Kier molecular flexibility index (Phi) is 6.50. The maximum Gasteiger partial charge on any atom is 1.00 e. The topological polar surface area (TPSA) is 64.1 Å². The van der Waals surface area contributed by atoms with Crippen LogP contribution in [0.25, 0.3) is 0 Å². The first-order valence-corrected chi connectivity index (χ1v) is 4.31. The van der Waals surface area contributed by atoms with Crippen molar-refractivity contribution in [3.63, 3.8) is 0 Å². The molecule has 0 radical (unpaired) electrons. The van der Waals surface area contributed by atoms with Gasteiger partial charge in [0, 0.05) is 6.61 Å². The van der Waals surface area contributed by atoms with E-state index in [0.717, 1.165) is 17.2 Å². The molecule has 0 aromatic carbocycles. The molecule has 8 heteroatoms. The van der Waals surface area contributed by atoms with Gasteiger partial charge in [0.05, 0.1) is 6.20 Å². The zero-order valence-electron chi connectivity index (χ0n) is 10.7. The zero-order valence-corrected chi connectivity index (χ0v) is 11.5. The Morgan fingerprint density at radius 2 is 2.31 bits per heavy atom. The average molecular weight is 261 g/mol. The number of hydrogen-bond acceptors (Lipinski definition) is 3. The second-order valence-electron chi connectivity index (χ2n) is 3.11. The summed E-state index contributed by atoms with van der Waals surface area (Å²) in [5, 5.41) is 0. The fourth-order valence-corrected chi connectivity index (χ4v) is 1.45. The molecule has 0 bridgehead atoms. The van der Waals surface area contributed by atoms with Gasteiger partial charge in [-0.25, -0.2) is 4.79 Å². The van der Waals surface area contributed by atoms with E-state index in [1.165, 1.54) is 0 Å². The van der Waals surface area contributed by atoms with Crippen molar-refractivity contribution in [2.24, 2.45) is 0 Å². The van der Waals surface area contributed by atoms with Crippen molar-refractivity contribution in [2.45, 2.75) is 19.1 Å². The number of hydrogen-bond donors (Lipinski definition) is 1. The molecule has 1 aromatic rings. The SMILES string of the molecule is O=c1[nH]c(=O)n(C2CCCO2)cc1F.[Cl-].[H+].[H-].[Na+]. The molecular weight excluding hydrogens is 250 g/mol. The molecule has 5 nitrogen and oxygen atoms in total. The summed E-state index contributed by atoms with van der Waals surface area (Å²) in [6, 6.07) is 0. The second-order valence-corrected chi connectivity index (χ2v) is 3.11. The van der Waals surface area contributed by atoms with E-state index in [1.54, 1.807) is 0 Å². The quantitative estimate of drug-likeness (QED) is 0.512. The first kappa shape index (κ1) is 15.9. The van der Waals surface area contributed by atoms with Gasteiger partial charge < -0.3 is 18.6 Å². The minimum atomic E-state index is -0.996. The Morgan fingerprint density at radius 3 is 2.88 bits per heavy atom. The molecule has 1 unspecified atom stereocenters. The third kappa shape index (κ3) is 3.18. The van der Waals surface area contributed by atoms with Gasteiger partial charge in [0.1, 0.15) is 6.23 Å². The number of rotatable bonds is 1. The van der Waals surface area contributed by atoms with Crippen LogP contribution >= 0.6 is 0 Å². The average Bonchev–Trinajstić information content (AvgIpc) is 2.64. The van der Waals surface area contributed by atoms with Crippen molar-refractivity contribution in [3.05, 3.63) is 32.9 Å². The Labute approximate surface area is 122 Å². The zero-order chi connectivity index (χ0) is 10.1. The largest absolute Gasteiger partial charge is 1.00 e. The van der Waals surface area contributed by atoms with Crippen molar-refractivity contribution >= 4 is 0 Å². The van der Waals surface area contributed by atoms with Gasteiger partial charge in [0.2, 0.25) is 5.82 Å². The van der Waals surface area contributed by atoms with E-state index in [2.05, 4.69) is 0 Å². The molecule has 0 spiro atoms. The smallest absolute Gasteiger partial charge is 1.00 e. The molecule has 1 fully saturated rings. The molecule has 2 rings (SSSR count). The molecule has 16 heavy (non-hydrogen) atoms. The minimum Gasteiger partial charge on any atom is -1.00 e. The van der Waals surface area contributed by atoms with Gasteiger partial charge in [-0.05, 0) is 12.8 Å². The molecule has 86 valence electrons. The molecular formula is C8H11ClFN2NaO3. The van der Waals surface area contributed by atoms with E-state index in [4.69, 9.17) is 4.74 Å². The molecule has 0 saturated carbocycles. The van der Waals surface area contributed by atoms with Crippen LogP contribution in [0.1, 0.15) is 21.9 Å². The Morgan fingerprint density at radius 1 is 1.62 bits per heavy atom. The Hall–Kier alpha value is -0.140. The maximum atomic E-state index is 12.9. The third-order valence-corrected chi connectivity index (χ3v) is 2.14. The summed E-state index contributed by atoms with van der Waals surface area (Å²) in [6.45, 7) is 0.553. The minimum absolute atomic E-state index is 0. The molecule has 1 aromatic heterocycles. The molecule has 0 amide bonds. The molecule has 1 aliphatic heterocycles. The monoisotopic (exact) mass is 260 g/mol. The summed E-state index contributed by atoms with van der Waals surface area (Å²) in [5.41, 5.74) is -1.63. The van der Waals surface area contributed by atoms with Gasteiger partial charge in [-0.2, -0.15) is 4.39 Å². The summed E-state index contributed by atoms with van der Waals surface area (Å²) in [5.74, 6) is -0.972. The summed E-state index contributed by atoms with van der Waals surface area (Å²) < 4.78 is 19.1. The Bertz CT molecular complexity index is 464. The van der Waals surface area contributed by atoms with Crippen molar-refractivity contribution in [1.82, 2.24) is 9.55 Å². The van der Waals surface area contributed by atoms with Crippen LogP contribution in [0.2, 0.25) is 0 Å². The van der Waals surface area contributed by atoms with Gasteiger partial charge in [-0.15, -0.1) is 0 Å². The number of ether oxygens (including phenoxy) is 1.